The molecule has 4 nitrogen and oxygen atoms in total. The molecule has 1 unspecified atom stereocenters. The molecule has 7 heteroatoms. The first-order chi connectivity index (χ1) is 8.61. The first-order valence-electron chi connectivity index (χ1n) is 5.60. The van der Waals surface area contributed by atoms with Gasteiger partial charge in [-0.1, -0.05) is 13.8 Å². The van der Waals surface area contributed by atoms with Crippen LogP contribution in [0.3, 0.4) is 0 Å². The lowest BCUT2D eigenvalue weighted by molar-refractivity contribution is -0.190. The molecule has 1 heterocycles. The van der Waals surface area contributed by atoms with E-state index in [1.165, 1.54) is 6.07 Å². The Hall–Kier alpha value is -1.79. The summed E-state index contributed by atoms with van der Waals surface area (Å²) in [6.07, 6.45) is -6.58. The van der Waals surface area contributed by atoms with Gasteiger partial charge in [0.25, 0.3) is 0 Å². The second-order valence-corrected chi connectivity index (χ2v) is 4.38. The number of hydrogen-bond donors (Lipinski definition) is 1. The van der Waals surface area contributed by atoms with Gasteiger partial charge in [0, 0.05) is 11.8 Å². The fourth-order valence-electron chi connectivity index (χ4n) is 1.25. The summed E-state index contributed by atoms with van der Waals surface area (Å²) in [6, 6.07) is 2.30. The van der Waals surface area contributed by atoms with Crippen LogP contribution in [0.15, 0.2) is 12.1 Å². The van der Waals surface area contributed by atoms with Crippen molar-refractivity contribution in [3.05, 3.63) is 23.4 Å². The van der Waals surface area contributed by atoms with Gasteiger partial charge in [0.05, 0.1) is 5.56 Å². The molecule has 1 aromatic heterocycles. The fourth-order valence-corrected chi connectivity index (χ4v) is 1.25. The molecule has 0 amide bonds. The number of carbonyl (C=O) groups is 1. The second kappa shape index (κ2) is 5.46. The maximum atomic E-state index is 12.4. The third-order valence-corrected chi connectivity index (χ3v) is 2.42. The summed E-state index contributed by atoms with van der Waals surface area (Å²) in [5.74, 6) is -1.70. The van der Waals surface area contributed by atoms with Gasteiger partial charge in [-0.2, -0.15) is 13.2 Å². The molecule has 0 aromatic carbocycles. The Balaban J connectivity index is 3.10. The normalized spacial score (nSPS) is 13.4. The monoisotopic (exact) mass is 277 g/mol. The van der Waals surface area contributed by atoms with Crippen LogP contribution in [0.25, 0.3) is 0 Å². The highest BCUT2D eigenvalue weighted by molar-refractivity contribution is 5.88. The van der Waals surface area contributed by atoms with Gasteiger partial charge in [0.2, 0.25) is 5.88 Å². The van der Waals surface area contributed by atoms with E-state index in [0.717, 1.165) is 13.0 Å². The number of nitrogens with zero attached hydrogens (tertiary/aromatic N) is 1. The summed E-state index contributed by atoms with van der Waals surface area (Å²) >= 11 is 0. The average Bonchev–Trinajstić information content (AvgIpc) is 2.27. The third-order valence-electron chi connectivity index (χ3n) is 2.42. The highest BCUT2D eigenvalue weighted by Gasteiger charge is 2.38. The molecule has 0 spiro atoms. The van der Waals surface area contributed by atoms with Gasteiger partial charge in [-0.15, -0.1) is 0 Å². The van der Waals surface area contributed by atoms with E-state index in [0.29, 0.717) is 5.69 Å². The molecule has 0 aliphatic rings. The summed E-state index contributed by atoms with van der Waals surface area (Å²) in [4.78, 5) is 14.8. The van der Waals surface area contributed by atoms with Crippen LogP contribution < -0.4 is 4.74 Å². The smallest absolute Gasteiger partial charge is 0.425 e. The number of rotatable bonds is 4. The fraction of sp³-hybridized carbons (Fsp3) is 0.500. The zero-order chi connectivity index (χ0) is 14.8. The second-order valence-electron chi connectivity index (χ2n) is 4.38. The number of aromatic carboxylic acids is 1. The molecule has 1 rings (SSSR count). The van der Waals surface area contributed by atoms with Crippen LogP contribution in [0.5, 0.6) is 5.88 Å². The molecule has 1 N–H and O–H groups in total. The molecule has 0 aliphatic heterocycles. The molecule has 0 radical (unpaired) electrons. The highest BCUT2D eigenvalue weighted by atomic mass is 19.4. The van der Waals surface area contributed by atoms with Crippen LogP contribution in [-0.2, 0) is 0 Å². The minimum Gasteiger partial charge on any atom is -0.478 e. The van der Waals surface area contributed by atoms with Crippen molar-refractivity contribution in [2.75, 3.05) is 0 Å². The Labute approximate surface area is 108 Å². The standard InChI is InChI=1S/C12H14F3NO3/c1-6(2)9-4-8(11(17)18)5-10(16-9)19-7(3)12(13,14)15/h4-7H,1-3H3,(H,17,18). The van der Waals surface area contributed by atoms with Gasteiger partial charge in [0.1, 0.15) is 0 Å². The Morgan fingerprint density at radius 2 is 1.89 bits per heavy atom. The van der Waals surface area contributed by atoms with Gasteiger partial charge in [-0.25, -0.2) is 9.78 Å². The Bertz CT molecular complexity index is 472. The van der Waals surface area contributed by atoms with Gasteiger partial charge >= 0.3 is 12.1 Å². The molecule has 0 fully saturated rings. The van der Waals surface area contributed by atoms with Crippen LogP contribution in [0.4, 0.5) is 13.2 Å². The predicted octanol–water partition coefficient (Wildman–Crippen LogP) is 3.23. The average molecular weight is 277 g/mol. The lowest BCUT2D eigenvalue weighted by Gasteiger charge is -2.18. The van der Waals surface area contributed by atoms with Crippen molar-refractivity contribution in [2.24, 2.45) is 0 Å². The van der Waals surface area contributed by atoms with E-state index in [-0.39, 0.29) is 17.4 Å². The van der Waals surface area contributed by atoms with Crippen molar-refractivity contribution in [3.63, 3.8) is 0 Å². The summed E-state index contributed by atoms with van der Waals surface area (Å²) in [5, 5.41) is 8.90. The first kappa shape index (κ1) is 15.3. The predicted molar refractivity (Wildman–Crippen MR) is 61.4 cm³/mol. The Morgan fingerprint density at radius 3 is 2.32 bits per heavy atom. The largest absolute Gasteiger partial charge is 0.478 e. The lowest BCUT2D eigenvalue weighted by atomic mass is 10.1. The summed E-state index contributed by atoms with van der Waals surface area (Å²) in [7, 11) is 0. The quantitative estimate of drug-likeness (QED) is 0.917. The van der Waals surface area contributed by atoms with Crippen LogP contribution in [-0.4, -0.2) is 28.3 Å². The highest BCUT2D eigenvalue weighted by Crippen LogP contribution is 2.26. The number of hydrogen-bond acceptors (Lipinski definition) is 3. The third kappa shape index (κ3) is 4.11. The van der Waals surface area contributed by atoms with Crippen molar-refractivity contribution in [3.8, 4) is 5.88 Å². The molecule has 1 aromatic rings. The number of aromatic nitrogens is 1. The SMILES string of the molecule is CC(C)c1cc(C(=O)O)cc(OC(C)C(F)(F)F)n1. The number of alkyl halides is 3. The van der Waals surface area contributed by atoms with E-state index in [4.69, 9.17) is 5.11 Å². The lowest BCUT2D eigenvalue weighted by Crippen LogP contribution is -2.31. The molecule has 106 valence electrons. The van der Waals surface area contributed by atoms with Gasteiger partial charge in [-0.3, -0.25) is 0 Å². The van der Waals surface area contributed by atoms with E-state index in [9.17, 15) is 18.0 Å². The summed E-state index contributed by atoms with van der Waals surface area (Å²) in [6.45, 7) is 4.35. The molecule has 0 aliphatic carbocycles. The minimum absolute atomic E-state index is 0.122. The van der Waals surface area contributed by atoms with E-state index in [1.54, 1.807) is 13.8 Å². The van der Waals surface area contributed by atoms with E-state index < -0.39 is 18.2 Å². The molecule has 19 heavy (non-hydrogen) atoms. The number of carboxylic acid groups (broad SMARTS) is 1. The van der Waals surface area contributed by atoms with E-state index in [1.807, 2.05) is 0 Å². The maximum absolute atomic E-state index is 12.4. The van der Waals surface area contributed by atoms with Crippen molar-refractivity contribution < 1.29 is 27.8 Å². The molecule has 0 saturated heterocycles. The number of halogens is 3. The zero-order valence-electron chi connectivity index (χ0n) is 10.7. The van der Waals surface area contributed by atoms with Crippen molar-refractivity contribution in [1.29, 1.82) is 0 Å². The van der Waals surface area contributed by atoms with Gasteiger partial charge in [-0.05, 0) is 18.9 Å². The molecular formula is C12H14F3NO3. The molecule has 1 atom stereocenters. The first-order valence-corrected chi connectivity index (χ1v) is 5.60. The van der Waals surface area contributed by atoms with Crippen molar-refractivity contribution >= 4 is 5.97 Å². The van der Waals surface area contributed by atoms with Crippen LogP contribution >= 0.6 is 0 Å². The van der Waals surface area contributed by atoms with Gasteiger partial charge < -0.3 is 9.84 Å². The van der Waals surface area contributed by atoms with Crippen LogP contribution in [0.2, 0.25) is 0 Å². The van der Waals surface area contributed by atoms with Gasteiger partial charge in [0.15, 0.2) is 6.10 Å². The van der Waals surface area contributed by atoms with E-state index in [2.05, 4.69) is 9.72 Å². The maximum Gasteiger partial charge on any atom is 0.425 e. The minimum atomic E-state index is -4.53. The van der Waals surface area contributed by atoms with Crippen LogP contribution in [0, 0.1) is 0 Å². The molecule has 0 bridgehead atoms. The number of pyridine rings is 1. The Kier molecular flexibility index (Phi) is 4.39. The van der Waals surface area contributed by atoms with Crippen molar-refractivity contribution in [1.82, 2.24) is 4.98 Å². The summed E-state index contributed by atoms with van der Waals surface area (Å²) in [5.41, 5.74) is 0.215. The molecule has 0 saturated carbocycles. The summed E-state index contributed by atoms with van der Waals surface area (Å²) < 4.78 is 41.8. The van der Waals surface area contributed by atoms with Crippen molar-refractivity contribution in [2.45, 2.75) is 39.0 Å². The molecular weight excluding hydrogens is 263 g/mol. The zero-order valence-corrected chi connectivity index (χ0v) is 10.7. The van der Waals surface area contributed by atoms with Crippen LogP contribution in [0.1, 0.15) is 42.7 Å². The topological polar surface area (TPSA) is 59.4 Å². The number of ether oxygens (including phenoxy) is 1. The van der Waals surface area contributed by atoms with E-state index >= 15 is 0 Å². The Morgan fingerprint density at radius 1 is 1.32 bits per heavy atom. The number of carboxylic acids is 1.